The number of nitrogens with zero attached hydrogens (tertiary/aromatic N) is 1. The van der Waals surface area contributed by atoms with Gasteiger partial charge in [-0.25, -0.2) is 0 Å². The SMILES string of the molecule is CC[C@@H](C(=O)OCC(=O)Nc1ccc(C(F)(F)F)cc1[N+](=O)[O-])c1ccccc1. The highest BCUT2D eigenvalue weighted by atomic mass is 19.4. The van der Waals surface area contributed by atoms with Crippen LogP contribution in [0.2, 0.25) is 0 Å². The number of nitrogens with one attached hydrogen (secondary N) is 1. The van der Waals surface area contributed by atoms with Gasteiger partial charge < -0.3 is 10.1 Å². The van der Waals surface area contributed by atoms with Crippen LogP contribution in [0.3, 0.4) is 0 Å². The van der Waals surface area contributed by atoms with Crippen molar-refractivity contribution in [2.75, 3.05) is 11.9 Å². The van der Waals surface area contributed by atoms with Gasteiger partial charge in [-0.15, -0.1) is 0 Å². The van der Waals surface area contributed by atoms with Gasteiger partial charge in [0.25, 0.3) is 11.6 Å². The number of amides is 1. The maximum Gasteiger partial charge on any atom is 0.416 e. The molecule has 0 saturated carbocycles. The van der Waals surface area contributed by atoms with Crippen molar-refractivity contribution in [3.05, 3.63) is 69.8 Å². The molecule has 0 spiro atoms. The molecule has 7 nitrogen and oxygen atoms in total. The number of nitro groups is 1. The van der Waals surface area contributed by atoms with Gasteiger partial charge in [0, 0.05) is 6.07 Å². The van der Waals surface area contributed by atoms with E-state index in [1.165, 1.54) is 0 Å². The van der Waals surface area contributed by atoms with Gasteiger partial charge in [0.2, 0.25) is 0 Å². The Morgan fingerprint density at radius 2 is 1.83 bits per heavy atom. The summed E-state index contributed by atoms with van der Waals surface area (Å²) in [5.74, 6) is -2.16. The molecule has 0 fully saturated rings. The van der Waals surface area contributed by atoms with Crippen molar-refractivity contribution in [2.24, 2.45) is 0 Å². The Hall–Kier alpha value is -3.43. The molecule has 0 saturated heterocycles. The van der Waals surface area contributed by atoms with Crippen molar-refractivity contribution < 1.29 is 32.4 Å². The van der Waals surface area contributed by atoms with E-state index in [0.29, 0.717) is 24.1 Å². The number of ether oxygens (including phenoxy) is 1. The van der Waals surface area contributed by atoms with Crippen LogP contribution in [-0.2, 0) is 20.5 Å². The third-order valence-electron chi connectivity index (χ3n) is 4.04. The Balaban J connectivity index is 2.05. The molecule has 29 heavy (non-hydrogen) atoms. The average Bonchev–Trinajstić information content (AvgIpc) is 2.67. The first-order valence-corrected chi connectivity index (χ1v) is 8.50. The lowest BCUT2D eigenvalue weighted by Crippen LogP contribution is -2.24. The average molecular weight is 410 g/mol. The van der Waals surface area contributed by atoms with Crippen molar-refractivity contribution in [1.29, 1.82) is 0 Å². The molecule has 154 valence electrons. The molecule has 0 aliphatic heterocycles. The molecule has 10 heteroatoms. The Labute approximate surface area is 163 Å². The maximum atomic E-state index is 12.7. The van der Waals surface area contributed by atoms with Gasteiger partial charge in [-0.05, 0) is 24.1 Å². The molecule has 0 bridgehead atoms. The van der Waals surface area contributed by atoms with Crippen molar-refractivity contribution in [3.63, 3.8) is 0 Å². The molecule has 2 aromatic rings. The highest BCUT2D eigenvalue weighted by Crippen LogP contribution is 2.35. The van der Waals surface area contributed by atoms with Gasteiger partial charge in [0.15, 0.2) is 6.61 Å². The Bertz CT molecular complexity index is 900. The zero-order chi connectivity index (χ0) is 21.6. The van der Waals surface area contributed by atoms with Gasteiger partial charge in [0.05, 0.1) is 16.4 Å². The molecule has 0 aromatic heterocycles. The van der Waals surface area contributed by atoms with Crippen molar-refractivity contribution in [2.45, 2.75) is 25.4 Å². The number of benzene rings is 2. The minimum atomic E-state index is -4.77. The summed E-state index contributed by atoms with van der Waals surface area (Å²) < 4.78 is 43.1. The number of carbonyl (C=O) groups is 2. The van der Waals surface area contributed by atoms with Crippen LogP contribution >= 0.6 is 0 Å². The monoisotopic (exact) mass is 410 g/mol. The lowest BCUT2D eigenvalue weighted by Gasteiger charge is -2.14. The minimum absolute atomic E-state index is 0.324. The first kappa shape index (κ1) is 21.9. The molecular weight excluding hydrogens is 393 g/mol. The number of esters is 1. The predicted molar refractivity (Wildman–Crippen MR) is 97.2 cm³/mol. The molecule has 0 heterocycles. The fraction of sp³-hybridized carbons (Fsp3) is 0.263. The third kappa shape index (κ3) is 5.77. The number of carbonyl (C=O) groups excluding carboxylic acids is 2. The lowest BCUT2D eigenvalue weighted by atomic mass is 9.97. The largest absolute Gasteiger partial charge is 0.455 e. The van der Waals surface area contributed by atoms with Crippen LogP contribution in [-0.4, -0.2) is 23.4 Å². The van der Waals surface area contributed by atoms with Crippen molar-refractivity contribution in [1.82, 2.24) is 0 Å². The maximum absolute atomic E-state index is 12.7. The van der Waals surface area contributed by atoms with Crippen LogP contribution in [0.15, 0.2) is 48.5 Å². The highest BCUT2D eigenvalue weighted by Gasteiger charge is 2.33. The molecule has 1 amide bonds. The second-order valence-corrected chi connectivity index (χ2v) is 6.01. The number of nitro benzene ring substituents is 1. The molecule has 1 N–H and O–H groups in total. The van der Waals surface area contributed by atoms with E-state index >= 15 is 0 Å². The van der Waals surface area contributed by atoms with Crippen LogP contribution < -0.4 is 5.32 Å². The minimum Gasteiger partial charge on any atom is -0.455 e. The van der Waals surface area contributed by atoms with E-state index in [4.69, 9.17) is 4.74 Å². The number of rotatable bonds is 7. The van der Waals surface area contributed by atoms with E-state index in [2.05, 4.69) is 5.32 Å². The summed E-state index contributed by atoms with van der Waals surface area (Å²) in [5, 5.41) is 13.1. The van der Waals surface area contributed by atoms with Crippen molar-refractivity contribution in [3.8, 4) is 0 Å². The van der Waals surface area contributed by atoms with Crippen LogP contribution in [0.5, 0.6) is 0 Å². The van der Waals surface area contributed by atoms with E-state index in [0.717, 1.165) is 6.07 Å². The fourth-order valence-corrected chi connectivity index (χ4v) is 2.61. The summed E-state index contributed by atoms with van der Waals surface area (Å²) in [4.78, 5) is 34.2. The number of alkyl halides is 3. The predicted octanol–water partition coefficient (Wildman–Crippen LogP) is 4.29. The normalized spacial score (nSPS) is 12.1. The topological polar surface area (TPSA) is 98.5 Å². The molecule has 0 aliphatic rings. The van der Waals surface area contributed by atoms with E-state index in [9.17, 15) is 32.9 Å². The van der Waals surface area contributed by atoms with Gasteiger partial charge in [0.1, 0.15) is 5.69 Å². The summed E-state index contributed by atoms with van der Waals surface area (Å²) in [7, 11) is 0. The van der Waals surface area contributed by atoms with Crippen LogP contribution in [0.25, 0.3) is 0 Å². The van der Waals surface area contributed by atoms with Gasteiger partial charge in [-0.3, -0.25) is 19.7 Å². The summed E-state index contributed by atoms with van der Waals surface area (Å²) in [6, 6.07) is 10.5. The number of halogens is 3. The molecule has 0 unspecified atom stereocenters. The van der Waals surface area contributed by atoms with Crippen molar-refractivity contribution >= 4 is 23.3 Å². The fourth-order valence-electron chi connectivity index (χ4n) is 2.61. The Morgan fingerprint density at radius 1 is 1.17 bits per heavy atom. The summed E-state index contributed by atoms with van der Waals surface area (Å²) in [6.45, 7) is 1.03. The van der Waals surface area contributed by atoms with Crippen LogP contribution in [0.4, 0.5) is 24.5 Å². The lowest BCUT2D eigenvalue weighted by molar-refractivity contribution is -0.384. The third-order valence-corrected chi connectivity index (χ3v) is 4.04. The molecule has 1 atom stereocenters. The second-order valence-electron chi connectivity index (χ2n) is 6.01. The molecule has 2 aromatic carbocycles. The van der Waals surface area contributed by atoms with E-state index in [1.807, 2.05) is 0 Å². The smallest absolute Gasteiger partial charge is 0.416 e. The molecule has 2 rings (SSSR count). The van der Waals surface area contributed by atoms with Gasteiger partial charge >= 0.3 is 12.1 Å². The van der Waals surface area contributed by atoms with E-state index in [1.54, 1.807) is 37.3 Å². The van der Waals surface area contributed by atoms with Gasteiger partial charge in [-0.1, -0.05) is 37.3 Å². The highest BCUT2D eigenvalue weighted by molar-refractivity contribution is 5.95. The number of hydrogen-bond donors (Lipinski definition) is 1. The first-order valence-electron chi connectivity index (χ1n) is 8.50. The molecule has 0 aliphatic carbocycles. The Kier molecular flexibility index (Phi) is 6.92. The van der Waals surface area contributed by atoms with E-state index < -0.39 is 52.4 Å². The number of anilines is 1. The zero-order valence-corrected chi connectivity index (χ0v) is 15.2. The molecule has 0 radical (unpaired) electrons. The Morgan fingerprint density at radius 3 is 2.38 bits per heavy atom. The second kappa shape index (κ2) is 9.18. The van der Waals surface area contributed by atoms with Gasteiger partial charge in [-0.2, -0.15) is 13.2 Å². The summed E-state index contributed by atoms with van der Waals surface area (Å²) in [6.07, 6.45) is -4.34. The van der Waals surface area contributed by atoms with E-state index in [-0.39, 0.29) is 0 Å². The summed E-state index contributed by atoms with van der Waals surface area (Å²) >= 11 is 0. The first-order chi connectivity index (χ1) is 13.6. The standard InChI is InChI=1S/C19H17F3N2O5/c1-2-14(12-6-4-3-5-7-12)18(26)29-11-17(25)23-15-9-8-13(19(20,21)22)10-16(15)24(27)28/h3-10,14H,2,11H2,1H3,(H,23,25)/t14-/m1/s1. The van der Waals surface area contributed by atoms with Crippen LogP contribution in [0, 0.1) is 10.1 Å². The quantitative estimate of drug-likeness (QED) is 0.417. The van der Waals surface area contributed by atoms with Crippen LogP contribution in [0.1, 0.15) is 30.4 Å². The zero-order valence-electron chi connectivity index (χ0n) is 15.2. The number of hydrogen-bond acceptors (Lipinski definition) is 5. The molecular formula is C19H17F3N2O5. The summed E-state index contributed by atoms with van der Waals surface area (Å²) in [5.41, 5.74) is -1.87.